The Hall–Kier alpha value is -3.97. The molecule has 0 aromatic rings. The second kappa shape index (κ2) is 26.5. The van der Waals surface area contributed by atoms with Gasteiger partial charge in [-0.3, -0.25) is 58.5 Å². The Balaban J connectivity index is 1.40. The van der Waals surface area contributed by atoms with Crippen molar-refractivity contribution in [3.63, 3.8) is 0 Å². The number of rotatable bonds is 22. The number of carboxylic acid groups (broad SMARTS) is 4. The van der Waals surface area contributed by atoms with Gasteiger partial charge in [-0.2, -0.15) is 0 Å². The summed E-state index contributed by atoms with van der Waals surface area (Å²) in [4.78, 5) is 93.4. The van der Waals surface area contributed by atoms with E-state index in [0.29, 0.717) is 45.2 Å². The van der Waals surface area contributed by atoms with Gasteiger partial charge >= 0.3 is 31.0 Å². The summed E-state index contributed by atoms with van der Waals surface area (Å²) in [6.45, 7) is 3.11. The van der Waals surface area contributed by atoms with Crippen LogP contribution in [-0.2, 0) is 33.6 Å². The highest BCUT2D eigenvalue weighted by atomic mass is 16.4. The largest absolute Gasteiger partial charge is 0.480 e. The van der Waals surface area contributed by atoms with E-state index in [1.807, 2.05) is 0 Å². The first-order valence-corrected chi connectivity index (χ1v) is 21.4. The van der Waals surface area contributed by atoms with Gasteiger partial charge in [-0.15, -0.1) is 0 Å². The third kappa shape index (κ3) is 18.9. The Kier molecular flexibility index (Phi) is 22.3. The molecule has 1 saturated carbocycles. The van der Waals surface area contributed by atoms with Crippen molar-refractivity contribution in [2.75, 3.05) is 91.6 Å². The third-order valence-electron chi connectivity index (χ3n) is 11.8. The minimum atomic E-state index is -1.63. The lowest BCUT2D eigenvalue weighted by Gasteiger charge is -2.35. The number of amides is 3. The van der Waals surface area contributed by atoms with Crippen LogP contribution in [0.25, 0.3) is 0 Å². The number of carboxylic acids is 4. The lowest BCUT2D eigenvalue weighted by atomic mass is 9.77. The van der Waals surface area contributed by atoms with Crippen LogP contribution in [0.4, 0.5) is 0 Å². The maximum Gasteiger partial charge on any atom is 0.475 e. The van der Waals surface area contributed by atoms with E-state index in [2.05, 4.69) is 16.0 Å². The predicted octanol–water partition coefficient (Wildman–Crippen LogP) is -3.19. The fourth-order valence-corrected chi connectivity index (χ4v) is 8.30. The minimum Gasteiger partial charge on any atom is -0.480 e. The van der Waals surface area contributed by atoms with E-state index in [4.69, 9.17) is 0 Å². The highest BCUT2D eigenvalue weighted by Crippen LogP contribution is 2.29. The second-order valence-corrected chi connectivity index (χ2v) is 16.5. The molecule has 3 fully saturated rings. The molecule has 0 bridgehead atoms. The first-order valence-electron chi connectivity index (χ1n) is 21.4. The Morgan fingerprint density at radius 1 is 0.705 bits per heavy atom. The highest BCUT2D eigenvalue weighted by molar-refractivity contribution is 6.43. The summed E-state index contributed by atoms with van der Waals surface area (Å²) in [7, 11) is -1.63. The molecular weight excluding hydrogens is 803 g/mol. The van der Waals surface area contributed by atoms with Crippen LogP contribution in [0.1, 0.15) is 71.1 Å². The van der Waals surface area contributed by atoms with E-state index in [1.165, 1.54) is 4.90 Å². The molecule has 2 saturated heterocycles. The first-order chi connectivity index (χ1) is 28.9. The SMILES string of the molecule is C[C@@H](NC(=O)C1CCC(CNC(=O)CCCNC(O)CC[C@H](C(=O)O)N2CCN(CC(=O)O)CCN(CC(=O)O)CCN(CC(=O)O)CC2)CC1)C(=O)N1CCC[C@H]1B(O)O. The number of carbonyl (C=O) groups excluding carboxylic acids is 3. The molecule has 22 nitrogen and oxygen atoms in total. The molecule has 0 radical (unpaired) electrons. The maximum atomic E-state index is 12.9. The highest BCUT2D eigenvalue weighted by Gasteiger charge is 2.39. The summed E-state index contributed by atoms with van der Waals surface area (Å²) in [6, 6.07) is -1.87. The lowest BCUT2D eigenvalue weighted by molar-refractivity contribution is -0.145. The number of carbonyl (C=O) groups is 7. The summed E-state index contributed by atoms with van der Waals surface area (Å²) < 4.78 is 0. The molecule has 61 heavy (non-hydrogen) atoms. The average molecular weight is 871 g/mol. The first kappa shape index (κ1) is 51.4. The molecule has 3 rings (SSSR count). The molecule has 3 aliphatic rings. The van der Waals surface area contributed by atoms with Gasteiger partial charge in [0, 0.05) is 77.8 Å². The van der Waals surface area contributed by atoms with Gasteiger partial charge < -0.3 is 51.1 Å². The van der Waals surface area contributed by atoms with Gasteiger partial charge in [-0.1, -0.05) is 0 Å². The molecule has 3 amide bonds. The van der Waals surface area contributed by atoms with Crippen LogP contribution in [0.15, 0.2) is 0 Å². The lowest BCUT2D eigenvalue weighted by Crippen LogP contribution is -2.53. The van der Waals surface area contributed by atoms with Crippen LogP contribution in [-0.4, -0.2) is 225 Å². The molecule has 1 unspecified atom stereocenters. The number of hydrogen-bond acceptors (Lipinski definition) is 15. The van der Waals surface area contributed by atoms with Gasteiger partial charge in [-0.25, -0.2) is 0 Å². The molecule has 0 aromatic heterocycles. The van der Waals surface area contributed by atoms with Crippen molar-refractivity contribution in [3.05, 3.63) is 0 Å². The zero-order valence-corrected chi connectivity index (χ0v) is 35.2. The van der Waals surface area contributed by atoms with Crippen LogP contribution in [0.5, 0.6) is 0 Å². The number of likely N-dealkylation sites (tertiary alicyclic amines) is 1. The normalized spacial score (nSPS) is 23.1. The molecule has 2 heterocycles. The molecule has 0 spiro atoms. The Bertz CT molecular complexity index is 1430. The minimum absolute atomic E-state index is 0.0178. The Labute approximate surface area is 356 Å². The summed E-state index contributed by atoms with van der Waals surface area (Å²) in [6.07, 6.45) is 3.40. The maximum absolute atomic E-state index is 12.9. The third-order valence-corrected chi connectivity index (χ3v) is 11.8. The molecule has 23 heteroatoms. The molecule has 10 N–H and O–H groups in total. The zero-order chi connectivity index (χ0) is 45.1. The van der Waals surface area contributed by atoms with E-state index >= 15 is 0 Å². The van der Waals surface area contributed by atoms with E-state index in [1.54, 1.807) is 26.5 Å². The summed E-state index contributed by atoms with van der Waals surface area (Å²) in [5.41, 5.74) is 0. The molecular formula is C38H67BN8O14. The van der Waals surface area contributed by atoms with Crippen molar-refractivity contribution in [3.8, 4) is 0 Å². The topological polar surface area (TPSA) is 313 Å². The van der Waals surface area contributed by atoms with Gasteiger partial charge in [-0.05, 0) is 77.2 Å². The van der Waals surface area contributed by atoms with E-state index in [-0.39, 0.29) is 127 Å². The van der Waals surface area contributed by atoms with E-state index in [0.717, 1.165) is 12.8 Å². The van der Waals surface area contributed by atoms with Crippen LogP contribution >= 0.6 is 0 Å². The van der Waals surface area contributed by atoms with Crippen molar-refractivity contribution in [1.29, 1.82) is 0 Å². The number of aliphatic carboxylic acids is 4. The second-order valence-electron chi connectivity index (χ2n) is 16.5. The predicted molar refractivity (Wildman–Crippen MR) is 219 cm³/mol. The molecule has 2 aliphatic heterocycles. The summed E-state index contributed by atoms with van der Waals surface area (Å²) in [5.74, 6) is -5.89. The molecule has 4 atom stereocenters. The fraction of sp³-hybridized carbons (Fsp3) is 0.816. The summed E-state index contributed by atoms with van der Waals surface area (Å²) in [5, 5.41) is 77.0. The van der Waals surface area contributed by atoms with Crippen molar-refractivity contribution in [1.82, 2.24) is 40.4 Å². The number of aliphatic hydroxyl groups excluding tert-OH is 1. The van der Waals surface area contributed by atoms with Gasteiger partial charge in [0.15, 0.2) is 0 Å². The monoisotopic (exact) mass is 870 g/mol. The standard InChI is InChI=1S/C38H67BN8O14/c1-26(37(57)47-13-3-4-30(47)39(60)61)42-36(56)28-8-6-27(7-9-28)22-41-31(48)5-2-12-40-32(49)11-10-29(38(58)59)46-20-18-44(24-34(52)53)16-14-43(23-33(50)51)15-17-45(19-21-46)25-35(54)55/h26-30,32,40,49,60-61H,2-25H2,1H3,(H,41,48)(H,42,56)(H,50,51)(H,52,53)(H,54,55)(H,58,59)/t26-,27?,28?,29-,30+,32?/m1/s1. The fourth-order valence-electron chi connectivity index (χ4n) is 8.30. The Morgan fingerprint density at radius 2 is 1.23 bits per heavy atom. The van der Waals surface area contributed by atoms with Gasteiger partial charge in [0.2, 0.25) is 17.7 Å². The van der Waals surface area contributed by atoms with Crippen molar-refractivity contribution in [2.24, 2.45) is 11.8 Å². The molecule has 0 aromatic carbocycles. The van der Waals surface area contributed by atoms with Gasteiger partial charge in [0.05, 0.1) is 25.6 Å². The smallest absolute Gasteiger partial charge is 0.475 e. The van der Waals surface area contributed by atoms with Gasteiger partial charge in [0.1, 0.15) is 18.3 Å². The van der Waals surface area contributed by atoms with Crippen molar-refractivity contribution in [2.45, 2.75) is 95.4 Å². The number of nitrogens with one attached hydrogen (secondary N) is 3. The quantitative estimate of drug-likeness (QED) is 0.0291. The average Bonchev–Trinajstić information content (AvgIpc) is 3.69. The van der Waals surface area contributed by atoms with Crippen LogP contribution in [0.2, 0.25) is 0 Å². The number of hydrogen-bond donors (Lipinski definition) is 10. The van der Waals surface area contributed by atoms with Crippen LogP contribution < -0.4 is 16.0 Å². The molecule has 1 aliphatic carbocycles. The number of aliphatic hydroxyl groups is 1. The van der Waals surface area contributed by atoms with E-state index in [9.17, 15) is 69.1 Å². The van der Waals surface area contributed by atoms with Crippen LogP contribution in [0.3, 0.4) is 0 Å². The zero-order valence-electron chi connectivity index (χ0n) is 35.2. The van der Waals surface area contributed by atoms with Gasteiger partial charge in [0.25, 0.3) is 0 Å². The Morgan fingerprint density at radius 3 is 1.72 bits per heavy atom. The van der Waals surface area contributed by atoms with Crippen molar-refractivity contribution >= 4 is 48.7 Å². The van der Waals surface area contributed by atoms with E-state index < -0.39 is 55.2 Å². The van der Waals surface area contributed by atoms with Crippen LogP contribution in [0, 0.1) is 11.8 Å². The van der Waals surface area contributed by atoms with Crippen molar-refractivity contribution < 1.29 is 69.1 Å². The molecule has 346 valence electrons. The number of nitrogens with zero attached hydrogens (tertiary/aromatic N) is 5. The summed E-state index contributed by atoms with van der Waals surface area (Å²) >= 11 is 0.